The van der Waals surface area contributed by atoms with Crippen LogP contribution in [-0.4, -0.2) is 89.4 Å². The topological polar surface area (TPSA) is 173 Å². The molecule has 0 saturated heterocycles. The lowest BCUT2D eigenvalue weighted by molar-refractivity contribution is -0.190. The van der Waals surface area contributed by atoms with Crippen molar-refractivity contribution < 1.29 is 34.5 Å². The fraction of sp³-hybridized carbons (Fsp3) is 0.484. The van der Waals surface area contributed by atoms with E-state index in [0.29, 0.717) is 17.7 Å². The molecule has 42 heavy (non-hydrogen) atoms. The van der Waals surface area contributed by atoms with E-state index in [0.717, 1.165) is 11.3 Å². The lowest BCUT2D eigenvalue weighted by Crippen LogP contribution is -2.75. The zero-order valence-electron chi connectivity index (χ0n) is 24.2. The first-order chi connectivity index (χ1) is 19.8. The number of carbonyl (C=O) groups excluding carboxylic acids is 4. The predicted molar refractivity (Wildman–Crippen MR) is 154 cm³/mol. The molecular formula is C31H38N4O7. The van der Waals surface area contributed by atoms with E-state index in [4.69, 9.17) is 5.73 Å². The number of nitrogens with zero attached hydrogens (tertiary/aromatic N) is 2. The highest BCUT2D eigenvalue weighted by Crippen LogP contribution is 2.52. The second kappa shape index (κ2) is 10.9. The zero-order chi connectivity index (χ0) is 30.7. The van der Waals surface area contributed by atoms with Gasteiger partial charge in [0.25, 0.3) is 0 Å². The molecule has 1 amide bonds. The van der Waals surface area contributed by atoms with Crippen LogP contribution in [0.3, 0.4) is 0 Å². The molecule has 0 aromatic heterocycles. The molecule has 3 aliphatic carbocycles. The molecule has 11 nitrogen and oxygen atoms in total. The highest BCUT2D eigenvalue weighted by molar-refractivity contribution is 6.25. The molecule has 5 rings (SSSR count). The Kier molecular flexibility index (Phi) is 7.73. The first-order valence-electron chi connectivity index (χ1n) is 14.1. The maximum Gasteiger partial charge on any atom is 0.230 e. The van der Waals surface area contributed by atoms with Crippen molar-refractivity contribution in [2.45, 2.75) is 43.7 Å². The van der Waals surface area contributed by atoms with E-state index >= 15 is 0 Å². The smallest absolute Gasteiger partial charge is 0.230 e. The van der Waals surface area contributed by atoms with E-state index in [1.165, 1.54) is 0 Å². The Morgan fingerprint density at radius 1 is 1.07 bits per heavy atom. The van der Waals surface area contributed by atoms with E-state index < -0.39 is 64.7 Å². The number of benzene rings is 2. The van der Waals surface area contributed by atoms with Crippen molar-refractivity contribution in [1.82, 2.24) is 10.2 Å². The maximum atomic E-state index is 14.1. The molecule has 0 heterocycles. The number of amides is 1. The monoisotopic (exact) mass is 578 g/mol. The molecule has 0 radical (unpaired) electrons. The fourth-order valence-corrected chi connectivity index (χ4v) is 7.39. The van der Waals surface area contributed by atoms with Crippen LogP contribution in [0, 0.1) is 23.7 Å². The van der Waals surface area contributed by atoms with Gasteiger partial charge in [0.2, 0.25) is 5.91 Å². The Morgan fingerprint density at radius 3 is 2.33 bits per heavy atom. The number of likely N-dealkylation sites (N-methyl/N-ethyl adjacent to an activating group) is 1. The number of nitrogens with two attached hydrogens (primary N) is 1. The van der Waals surface area contributed by atoms with E-state index in [9.17, 15) is 34.5 Å². The lowest BCUT2D eigenvalue weighted by Gasteiger charge is -2.55. The maximum absolute atomic E-state index is 14.1. The summed E-state index contributed by atoms with van der Waals surface area (Å²) in [6.07, 6.45) is -1.21. The highest BCUT2D eigenvalue weighted by atomic mass is 16.3. The van der Waals surface area contributed by atoms with Crippen LogP contribution in [0.25, 0.3) is 0 Å². The third kappa shape index (κ3) is 4.51. The molecule has 2 aromatic carbocycles. The molecule has 224 valence electrons. The average molecular weight is 579 g/mol. The van der Waals surface area contributed by atoms with Gasteiger partial charge < -0.3 is 36.2 Å². The lowest BCUT2D eigenvalue weighted by atomic mass is 9.52. The first kappa shape index (κ1) is 29.8. The van der Waals surface area contributed by atoms with Crippen LogP contribution in [0.15, 0.2) is 36.4 Å². The van der Waals surface area contributed by atoms with Gasteiger partial charge in [0.15, 0.2) is 23.0 Å². The summed E-state index contributed by atoms with van der Waals surface area (Å²) in [5.74, 6) is -9.10. The molecule has 2 saturated carbocycles. The SMILES string of the molecule is CN(C)c1cc(CNCc2ccccc2)c(O)c2c1C[C@@H]1C[C@@H]3C(N(C)C)C(O)C(C(N)=O)C(=O)[C@]3(O)C(=O)C1C2=O. The molecule has 11 heteroatoms. The third-order valence-corrected chi connectivity index (χ3v) is 9.31. The standard InChI is InChI=1S/C31H38N4O7/c1-34(2)20-12-17(14-33-13-15-8-6-5-7-9-15)25(36)22-18(20)10-16-11-19-24(35(3)4)27(38)23(30(32)41)29(40)31(19,42)28(39)21(16)26(22)37/h5-9,12,16,19,21,23-24,27,33,36,38,42H,10-11,13-14H2,1-4H3,(H2,32,41)/t16-,19-,21?,23?,24?,27?,31-/m1/s1. The molecule has 2 fully saturated rings. The summed E-state index contributed by atoms with van der Waals surface area (Å²) in [5.41, 5.74) is 5.60. The van der Waals surface area contributed by atoms with Gasteiger partial charge in [-0.1, -0.05) is 30.3 Å². The fourth-order valence-electron chi connectivity index (χ4n) is 7.39. The van der Waals surface area contributed by atoms with Gasteiger partial charge in [-0.25, -0.2) is 0 Å². The number of aliphatic hydroxyl groups excluding tert-OH is 1. The minimum absolute atomic E-state index is 0.00765. The number of hydrogen-bond donors (Lipinski definition) is 5. The second-order valence-electron chi connectivity index (χ2n) is 12.2. The van der Waals surface area contributed by atoms with Crippen molar-refractivity contribution in [3.05, 3.63) is 58.7 Å². The van der Waals surface area contributed by atoms with Crippen LogP contribution in [0.4, 0.5) is 5.69 Å². The summed E-state index contributed by atoms with van der Waals surface area (Å²) in [6.45, 7) is 0.777. The van der Waals surface area contributed by atoms with Gasteiger partial charge in [0, 0.05) is 50.4 Å². The van der Waals surface area contributed by atoms with Crippen molar-refractivity contribution in [3.8, 4) is 5.75 Å². The van der Waals surface area contributed by atoms with Crippen LogP contribution in [-0.2, 0) is 33.9 Å². The molecule has 0 aliphatic heterocycles. The van der Waals surface area contributed by atoms with Crippen molar-refractivity contribution in [2.24, 2.45) is 29.4 Å². The molecule has 0 bridgehead atoms. The predicted octanol–water partition coefficient (Wildman–Crippen LogP) is 0.0146. The van der Waals surface area contributed by atoms with Crippen LogP contribution < -0.4 is 16.0 Å². The van der Waals surface area contributed by atoms with Gasteiger partial charge in [0.1, 0.15) is 11.7 Å². The van der Waals surface area contributed by atoms with Gasteiger partial charge in [-0.2, -0.15) is 0 Å². The number of Topliss-reactive ketones (excluding diaryl/α,β-unsaturated/α-hetero) is 3. The van der Waals surface area contributed by atoms with Gasteiger partial charge >= 0.3 is 0 Å². The van der Waals surface area contributed by atoms with Gasteiger partial charge in [-0.05, 0) is 50.0 Å². The zero-order valence-corrected chi connectivity index (χ0v) is 24.2. The number of hydrogen-bond acceptors (Lipinski definition) is 10. The van der Waals surface area contributed by atoms with Crippen molar-refractivity contribution >= 4 is 28.9 Å². The average Bonchev–Trinajstić information content (AvgIpc) is 2.92. The minimum atomic E-state index is -2.68. The number of phenols is 1. The number of aromatic hydroxyl groups is 1. The van der Waals surface area contributed by atoms with Crippen LogP contribution in [0.1, 0.15) is 33.5 Å². The van der Waals surface area contributed by atoms with E-state index in [1.54, 1.807) is 19.0 Å². The number of anilines is 1. The molecule has 4 unspecified atom stereocenters. The number of phenolic OH excluding ortho intramolecular Hbond substituents is 1. The summed E-state index contributed by atoms with van der Waals surface area (Å²) < 4.78 is 0. The number of carbonyl (C=O) groups is 4. The summed E-state index contributed by atoms with van der Waals surface area (Å²) in [5, 5.41) is 37.5. The molecule has 7 atom stereocenters. The number of aliphatic hydroxyl groups is 2. The molecule has 3 aliphatic rings. The Hall–Kier alpha value is -3.64. The molecular weight excluding hydrogens is 540 g/mol. The first-order valence-corrected chi connectivity index (χ1v) is 14.1. The normalized spacial score (nSPS) is 30.5. The Bertz CT molecular complexity index is 1440. The number of rotatable bonds is 7. The molecule has 2 aromatic rings. The molecule has 0 spiro atoms. The van der Waals surface area contributed by atoms with Crippen molar-refractivity contribution in [3.63, 3.8) is 0 Å². The number of nitrogens with one attached hydrogen (secondary N) is 1. The number of primary amides is 1. The summed E-state index contributed by atoms with van der Waals surface area (Å²) in [7, 11) is 6.90. The summed E-state index contributed by atoms with van der Waals surface area (Å²) in [4.78, 5) is 57.4. The van der Waals surface area contributed by atoms with Crippen LogP contribution in [0.2, 0.25) is 0 Å². The quantitative estimate of drug-likeness (QED) is 0.282. The van der Waals surface area contributed by atoms with Crippen LogP contribution >= 0.6 is 0 Å². The van der Waals surface area contributed by atoms with E-state index in [-0.39, 0.29) is 30.7 Å². The Balaban J connectivity index is 1.55. The largest absolute Gasteiger partial charge is 0.507 e. The van der Waals surface area contributed by atoms with Gasteiger partial charge in [0.05, 0.1) is 17.6 Å². The summed E-state index contributed by atoms with van der Waals surface area (Å²) >= 11 is 0. The van der Waals surface area contributed by atoms with Crippen molar-refractivity contribution in [2.75, 3.05) is 33.1 Å². The second-order valence-corrected chi connectivity index (χ2v) is 12.2. The Labute approximate surface area is 244 Å². The highest BCUT2D eigenvalue weighted by Gasteiger charge is 2.69. The third-order valence-electron chi connectivity index (χ3n) is 9.31. The number of fused-ring (bicyclic) bond motifs is 3. The van der Waals surface area contributed by atoms with E-state index in [2.05, 4.69) is 5.32 Å². The minimum Gasteiger partial charge on any atom is -0.507 e. The van der Waals surface area contributed by atoms with Crippen LogP contribution in [0.5, 0.6) is 5.75 Å². The number of ketones is 3. The molecule has 6 N–H and O–H groups in total. The summed E-state index contributed by atoms with van der Waals surface area (Å²) in [6, 6.07) is 10.6. The van der Waals surface area contributed by atoms with Gasteiger partial charge in [-0.15, -0.1) is 0 Å². The van der Waals surface area contributed by atoms with Gasteiger partial charge in [-0.3, -0.25) is 19.2 Å². The Morgan fingerprint density at radius 2 is 1.74 bits per heavy atom. The van der Waals surface area contributed by atoms with E-state index in [1.807, 2.05) is 55.4 Å². The van der Waals surface area contributed by atoms with Crippen molar-refractivity contribution in [1.29, 1.82) is 0 Å².